The number of benzene rings is 1. The van der Waals surface area contributed by atoms with Crippen molar-refractivity contribution in [2.24, 2.45) is 0 Å². The second kappa shape index (κ2) is 7.83. The number of rotatable bonds is 6. The van der Waals surface area contributed by atoms with Crippen LogP contribution in [-0.4, -0.2) is 11.7 Å². The highest BCUT2D eigenvalue weighted by Crippen LogP contribution is 2.28. The van der Waals surface area contributed by atoms with Crippen molar-refractivity contribution in [3.8, 4) is 5.75 Å². The largest absolute Gasteiger partial charge is 0.489 e. The Bertz CT molecular complexity index is 408. The molecule has 0 spiro atoms. The van der Waals surface area contributed by atoms with Crippen LogP contribution in [0.1, 0.15) is 11.4 Å². The predicted molar refractivity (Wildman–Crippen MR) is 75.1 cm³/mol. The first-order chi connectivity index (χ1) is 8.25. The zero-order valence-electron chi connectivity index (χ0n) is 9.62. The summed E-state index contributed by atoms with van der Waals surface area (Å²) in [5.41, 5.74) is 0.771. The molecule has 1 N–H and O–H groups in total. The molecule has 0 heterocycles. The molecule has 0 aliphatic rings. The second-order valence-corrected chi connectivity index (χ2v) is 3.97. The van der Waals surface area contributed by atoms with Gasteiger partial charge in [0, 0.05) is 5.56 Å². The molecule has 2 unspecified atom stereocenters. The van der Waals surface area contributed by atoms with Crippen LogP contribution in [0.3, 0.4) is 0 Å². The summed E-state index contributed by atoms with van der Waals surface area (Å²) < 4.78 is 5.56. The molecule has 0 amide bonds. The molecular weight excluding hydrogens is 231 g/mol. The Balaban J connectivity index is 2.54. The van der Waals surface area contributed by atoms with E-state index in [1.807, 2.05) is 48.6 Å². The summed E-state index contributed by atoms with van der Waals surface area (Å²) in [6.45, 7) is 4.04. The zero-order chi connectivity index (χ0) is 12.5. The second-order valence-electron chi connectivity index (χ2n) is 3.34. The van der Waals surface area contributed by atoms with E-state index in [1.54, 1.807) is 6.08 Å². The van der Waals surface area contributed by atoms with Gasteiger partial charge in [-0.3, -0.25) is 0 Å². The number of aliphatic hydroxyl groups excluding tert-OH is 1. The van der Waals surface area contributed by atoms with Crippen molar-refractivity contribution in [2.45, 2.75) is 5.85 Å². The molecule has 17 heavy (non-hydrogen) atoms. The Morgan fingerprint density at radius 2 is 2.06 bits per heavy atom. The molecule has 1 rings (SSSR count). The number of hydrogen-bond acceptors (Lipinski definition) is 2. The summed E-state index contributed by atoms with van der Waals surface area (Å²) in [4.78, 5) is 0. The van der Waals surface area contributed by atoms with Crippen LogP contribution in [-0.2, 0) is 0 Å². The van der Waals surface area contributed by atoms with E-state index < -0.39 is 5.85 Å². The summed E-state index contributed by atoms with van der Waals surface area (Å²) in [5, 5.41) is 9.52. The summed E-state index contributed by atoms with van der Waals surface area (Å²) >= 11 is 0. The van der Waals surface area contributed by atoms with Gasteiger partial charge in [0.15, 0.2) is 0 Å². The fourth-order valence-corrected chi connectivity index (χ4v) is 1.55. The van der Waals surface area contributed by atoms with Gasteiger partial charge in [-0.05, 0) is 12.1 Å². The van der Waals surface area contributed by atoms with E-state index in [-0.39, 0.29) is 0 Å². The van der Waals surface area contributed by atoms with Crippen molar-refractivity contribution in [1.82, 2.24) is 0 Å². The number of allylic oxidation sites excluding steroid dienone is 4. The van der Waals surface area contributed by atoms with E-state index in [2.05, 4.69) is 15.8 Å². The molecule has 0 aromatic heterocycles. The molecule has 0 fully saturated rings. The third-order valence-corrected chi connectivity index (χ3v) is 2.43. The van der Waals surface area contributed by atoms with Crippen LogP contribution in [0.2, 0.25) is 0 Å². The SMILES string of the molecule is C=C/C=C\C=C/COc1ccccc1C(O)P. The van der Waals surface area contributed by atoms with Gasteiger partial charge in [-0.1, -0.05) is 49.1 Å². The molecule has 3 heteroatoms. The lowest BCUT2D eigenvalue weighted by molar-refractivity contribution is 0.258. The van der Waals surface area contributed by atoms with E-state index in [1.165, 1.54) is 0 Å². The number of para-hydroxylation sites is 1. The van der Waals surface area contributed by atoms with Crippen molar-refractivity contribution in [3.05, 3.63) is 66.8 Å². The number of aliphatic hydroxyl groups is 1. The first kappa shape index (κ1) is 13.7. The minimum atomic E-state index is -0.601. The van der Waals surface area contributed by atoms with E-state index in [0.29, 0.717) is 12.4 Å². The third-order valence-electron chi connectivity index (χ3n) is 2.07. The Hall–Kier alpha value is -1.37. The molecule has 0 bridgehead atoms. The highest BCUT2D eigenvalue weighted by atomic mass is 31.0. The zero-order valence-corrected chi connectivity index (χ0v) is 10.8. The normalized spacial score (nSPS) is 13.1. The monoisotopic (exact) mass is 248 g/mol. The lowest BCUT2D eigenvalue weighted by Crippen LogP contribution is -1.98. The van der Waals surface area contributed by atoms with Gasteiger partial charge < -0.3 is 9.84 Å². The van der Waals surface area contributed by atoms with Gasteiger partial charge in [0.05, 0.1) is 5.85 Å². The Kier molecular flexibility index (Phi) is 6.31. The minimum absolute atomic E-state index is 0.468. The van der Waals surface area contributed by atoms with Gasteiger partial charge in [0.2, 0.25) is 0 Å². The Morgan fingerprint density at radius 3 is 2.76 bits per heavy atom. The highest BCUT2D eigenvalue weighted by Gasteiger charge is 2.06. The molecular formula is C14H17O2P. The molecule has 0 saturated heterocycles. The third kappa shape index (κ3) is 4.99. The van der Waals surface area contributed by atoms with Crippen LogP contribution in [0, 0.1) is 0 Å². The van der Waals surface area contributed by atoms with Crippen LogP contribution in [0.4, 0.5) is 0 Å². The van der Waals surface area contributed by atoms with Gasteiger partial charge >= 0.3 is 0 Å². The predicted octanol–water partition coefficient (Wildman–Crippen LogP) is 3.23. The van der Waals surface area contributed by atoms with Crippen molar-refractivity contribution in [2.75, 3.05) is 6.61 Å². The minimum Gasteiger partial charge on any atom is -0.489 e. The lowest BCUT2D eigenvalue weighted by Gasteiger charge is -2.11. The number of hydrogen-bond donors (Lipinski definition) is 1. The molecule has 2 nitrogen and oxygen atoms in total. The molecule has 0 aliphatic carbocycles. The van der Waals surface area contributed by atoms with E-state index in [0.717, 1.165) is 5.56 Å². The summed E-state index contributed by atoms with van der Waals surface area (Å²) in [7, 11) is 2.34. The standard InChI is InChI=1S/C14H17O2P/c1-2-3-4-5-8-11-16-13-10-7-6-9-12(13)14(15)17/h2-10,14-15H,1,11,17H2/b4-3-,8-5-. The van der Waals surface area contributed by atoms with Crippen LogP contribution in [0.15, 0.2) is 61.2 Å². The molecule has 0 aliphatic heterocycles. The van der Waals surface area contributed by atoms with Gasteiger partial charge in [0.25, 0.3) is 0 Å². The number of ether oxygens (including phenoxy) is 1. The van der Waals surface area contributed by atoms with E-state index >= 15 is 0 Å². The molecule has 0 radical (unpaired) electrons. The summed E-state index contributed by atoms with van der Waals surface area (Å²) in [6, 6.07) is 7.44. The van der Waals surface area contributed by atoms with Crippen molar-refractivity contribution in [1.29, 1.82) is 0 Å². The van der Waals surface area contributed by atoms with Crippen LogP contribution in [0.25, 0.3) is 0 Å². The quantitative estimate of drug-likeness (QED) is 0.618. The topological polar surface area (TPSA) is 29.5 Å². The fourth-order valence-electron chi connectivity index (χ4n) is 1.27. The van der Waals surface area contributed by atoms with Gasteiger partial charge in [0.1, 0.15) is 12.4 Å². The first-order valence-electron chi connectivity index (χ1n) is 5.35. The first-order valence-corrected chi connectivity index (χ1v) is 6.02. The van der Waals surface area contributed by atoms with Crippen LogP contribution >= 0.6 is 9.24 Å². The maximum absolute atomic E-state index is 9.52. The van der Waals surface area contributed by atoms with Gasteiger partial charge in [-0.25, -0.2) is 0 Å². The van der Waals surface area contributed by atoms with Gasteiger partial charge in [-0.2, -0.15) is 0 Å². The summed E-state index contributed by atoms with van der Waals surface area (Å²) in [5.74, 6) is 0.100. The average molecular weight is 248 g/mol. The Labute approximate surface area is 105 Å². The molecule has 1 aromatic carbocycles. The average Bonchev–Trinajstić information content (AvgIpc) is 2.34. The fraction of sp³-hybridized carbons (Fsp3) is 0.143. The van der Waals surface area contributed by atoms with E-state index in [9.17, 15) is 5.11 Å². The summed E-state index contributed by atoms with van der Waals surface area (Å²) in [6.07, 6.45) is 9.22. The van der Waals surface area contributed by atoms with Crippen molar-refractivity contribution in [3.63, 3.8) is 0 Å². The Morgan fingerprint density at radius 1 is 1.29 bits per heavy atom. The van der Waals surface area contributed by atoms with Crippen molar-refractivity contribution >= 4 is 9.24 Å². The lowest BCUT2D eigenvalue weighted by atomic mass is 10.2. The van der Waals surface area contributed by atoms with Crippen LogP contribution < -0.4 is 4.74 Å². The maximum Gasteiger partial charge on any atom is 0.125 e. The smallest absolute Gasteiger partial charge is 0.125 e. The van der Waals surface area contributed by atoms with Gasteiger partial charge in [-0.15, -0.1) is 9.24 Å². The highest BCUT2D eigenvalue weighted by molar-refractivity contribution is 7.16. The van der Waals surface area contributed by atoms with E-state index in [4.69, 9.17) is 4.74 Å². The molecule has 90 valence electrons. The molecule has 2 atom stereocenters. The maximum atomic E-state index is 9.52. The molecule has 0 saturated carbocycles. The molecule has 1 aromatic rings. The van der Waals surface area contributed by atoms with Crippen LogP contribution in [0.5, 0.6) is 5.75 Å². The van der Waals surface area contributed by atoms with Crippen molar-refractivity contribution < 1.29 is 9.84 Å².